The minimum atomic E-state index is -1.17. The van der Waals surface area contributed by atoms with Gasteiger partial charge >= 0.3 is 0 Å². The molecule has 0 bridgehead atoms. The third-order valence-corrected chi connectivity index (χ3v) is 7.77. The molecule has 1 aliphatic rings. The van der Waals surface area contributed by atoms with Gasteiger partial charge in [-0.15, -0.1) is 16.4 Å². The molecule has 3 aromatic rings. The highest BCUT2D eigenvalue weighted by molar-refractivity contribution is 8.00. The van der Waals surface area contributed by atoms with Crippen LogP contribution in [-0.2, 0) is 9.47 Å². The summed E-state index contributed by atoms with van der Waals surface area (Å²) in [5.74, 6) is -0.397. The molecule has 1 aliphatic heterocycles. The lowest BCUT2D eigenvalue weighted by Gasteiger charge is -2.43. The Balaban J connectivity index is 1.71. The first-order chi connectivity index (χ1) is 16.9. The van der Waals surface area contributed by atoms with Crippen molar-refractivity contribution in [2.75, 3.05) is 20.3 Å². The average Bonchev–Trinajstić information content (AvgIpc) is 3.50. The second-order valence-electron chi connectivity index (χ2n) is 7.38. The second-order valence-corrected chi connectivity index (χ2v) is 10.2. The molecular formula is C20H22Cl2N6O5S2. The largest absolute Gasteiger partial charge is 0.394 e. The van der Waals surface area contributed by atoms with Crippen molar-refractivity contribution in [3.8, 4) is 10.7 Å². The molecule has 3 aromatic heterocycles. The maximum Gasteiger partial charge on any atom is 0.270 e. The molecule has 11 nitrogen and oxygen atoms in total. The number of amides is 1. The number of thioether (sulfide) groups is 1. The fourth-order valence-electron chi connectivity index (χ4n) is 3.64. The molecule has 0 radical (unpaired) electrons. The van der Waals surface area contributed by atoms with Crippen LogP contribution in [0.1, 0.15) is 23.5 Å². The first-order valence-electron chi connectivity index (χ1n) is 10.5. The molecule has 4 heterocycles. The van der Waals surface area contributed by atoms with Crippen LogP contribution in [0.3, 0.4) is 0 Å². The van der Waals surface area contributed by atoms with E-state index in [1.807, 2.05) is 6.92 Å². The summed E-state index contributed by atoms with van der Waals surface area (Å²) in [6.07, 6.45) is 0.148. The van der Waals surface area contributed by atoms with Gasteiger partial charge in [0.1, 0.15) is 51.3 Å². The normalized spacial score (nSPS) is 24.5. The molecule has 1 fully saturated rings. The van der Waals surface area contributed by atoms with Gasteiger partial charge in [0, 0.05) is 30.1 Å². The van der Waals surface area contributed by atoms with E-state index >= 15 is 0 Å². The molecule has 35 heavy (non-hydrogen) atoms. The molecule has 0 saturated carbocycles. The zero-order valence-electron chi connectivity index (χ0n) is 18.5. The van der Waals surface area contributed by atoms with Crippen molar-refractivity contribution in [1.82, 2.24) is 30.3 Å². The number of nitrogens with one attached hydrogen (secondary N) is 1. The monoisotopic (exact) mass is 560 g/mol. The highest BCUT2D eigenvalue weighted by Crippen LogP contribution is 2.41. The Morgan fingerprint density at radius 3 is 2.89 bits per heavy atom. The van der Waals surface area contributed by atoms with Gasteiger partial charge in [0.05, 0.1) is 17.8 Å². The third kappa shape index (κ3) is 5.62. The quantitative estimate of drug-likeness (QED) is 0.375. The van der Waals surface area contributed by atoms with Gasteiger partial charge in [0.25, 0.3) is 5.91 Å². The summed E-state index contributed by atoms with van der Waals surface area (Å²) in [5.41, 5.74) is -0.125. The van der Waals surface area contributed by atoms with Gasteiger partial charge in [-0.25, -0.2) is 14.6 Å². The van der Waals surface area contributed by atoms with E-state index < -0.39 is 42.3 Å². The Morgan fingerprint density at radius 1 is 1.43 bits per heavy atom. The van der Waals surface area contributed by atoms with E-state index in [0.29, 0.717) is 32.4 Å². The number of carbonyl (C=O) groups is 1. The van der Waals surface area contributed by atoms with Crippen LogP contribution >= 0.6 is 46.3 Å². The molecule has 0 aromatic carbocycles. The van der Waals surface area contributed by atoms with E-state index in [0.717, 1.165) is 11.8 Å². The molecule has 5 atom stereocenters. The molecule has 188 valence electrons. The van der Waals surface area contributed by atoms with E-state index in [9.17, 15) is 15.0 Å². The summed E-state index contributed by atoms with van der Waals surface area (Å²) in [4.78, 5) is 21.2. The van der Waals surface area contributed by atoms with Crippen LogP contribution in [0.2, 0.25) is 10.2 Å². The van der Waals surface area contributed by atoms with Gasteiger partial charge in [-0.3, -0.25) is 4.79 Å². The lowest BCUT2D eigenvalue weighted by molar-refractivity contribution is -0.191. The summed E-state index contributed by atoms with van der Waals surface area (Å²) in [5, 5.41) is 34.9. The average molecular weight is 561 g/mol. The number of aliphatic hydroxyl groups excluding tert-OH is 2. The Hall–Kier alpha value is -1.84. The van der Waals surface area contributed by atoms with Crippen LogP contribution in [0.5, 0.6) is 0 Å². The number of hydrogen-bond donors (Lipinski definition) is 3. The molecule has 4 rings (SSSR count). The molecule has 3 N–H and O–H groups in total. The second kappa shape index (κ2) is 11.5. The standard InChI is InChI=1S/C20H22Cl2N6O5S2/c1-3-32-17-15(28-6-10(26-27-28)19-25-13(22)8-34-19)16(30)11(7-29)33-20(17)35-12-4-9(21)5-24-14(12)18(31)23-2/h4-6,8,11,15-17,20,29-30H,3,7H2,1-2H3,(H,23,31)/t11?,15?,16-,17?,20+/m0/s1. The predicted molar refractivity (Wildman–Crippen MR) is 131 cm³/mol. The number of rotatable bonds is 8. The molecule has 0 spiro atoms. The molecule has 15 heteroatoms. The summed E-state index contributed by atoms with van der Waals surface area (Å²) < 4.78 is 13.5. The van der Waals surface area contributed by atoms with Crippen LogP contribution in [-0.4, -0.2) is 85.1 Å². The number of aliphatic hydroxyl groups is 2. The van der Waals surface area contributed by atoms with Gasteiger partial charge < -0.3 is 25.0 Å². The summed E-state index contributed by atoms with van der Waals surface area (Å²) in [6, 6.07) is 0.829. The number of carbonyl (C=O) groups excluding carboxylic acids is 1. The highest BCUT2D eigenvalue weighted by Gasteiger charge is 2.48. The summed E-state index contributed by atoms with van der Waals surface area (Å²) in [6.45, 7) is 1.66. The van der Waals surface area contributed by atoms with Crippen LogP contribution in [0, 0.1) is 0 Å². The maximum absolute atomic E-state index is 12.4. The molecular weight excluding hydrogens is 539 g/mol. The maximum atomic E-state index is 12.4. The highest BCUT2D eigenvalue weighted by atomic mass is 35.5. The van der Waals surface area contributed by atoms with Crippen molar-refractivity contribution in [1.29, 1.82) is 0 Å². The fraction of sp³-hybridized carbons (Fsp3) is 0.450. The van der Waals surface area contributed by atoms with E-state index in [1.54, 1.807) is 17.6 Å². The number of ether oxygens (including phenoxy) is 2. The summed E-state index contributed by atoms with van der Waals surface area (Å²) >= 11 is 14.6. The van der Waals surface area contributed by atoms with Crippen molar-refractivity contribution in [2.45, 2.75) is 41.6 Å². The van der Waals surface area contributed by atoms with E-state index in [-0.39, 0.29) is 5.69 Å². The molecule has 1 saturated heterocycles. The van der Waals surface area contributed by atoms with Crippen molar-refractivity contribution < 1.29 is 24.5 Å². The minimum absolute atomic E-state index is 0.160. The van der Waals surface area contributed by atoms with Gasteiger partial charge in [-0.05, 0) is 13.0 Å². The lowest BCUT2D eigenvalue weighted by atomic mass is 9.97. The smallest absolute Gasteiger partial charge is 0.270 e. The van der Waals surface area contributed by atoms with Crippen LogP contribution in [0.25, 0.3) is 10.7 Å². The van der Waals surface area contributed by atoms with Gasteiger partial charge in [0.15, 0.2) is 0 Å². The van der Waals surface area contributed by atoms with Crippen LogP contribution in [0.4, 0.5) is 0 Å². The fourth-order valence-corrected chi connectivity index (χ4v) is 6.04. The molecule has 3 unspecified atom stereocenters. The van der Waals surface area contributed by atoms with Gasteiger partial charge in [-0.1, -0.05) is 40.2 Å². The molecule has 0 aliphatic carbocycles. The zero-order valence-corrected chi connectivity index (χ0v) is 21.7. The number of pyridine rings is 1. The Morgan fingerprint density at radius 2 is 2.23 bits per heavy atom. The van der Waals surface area contributed by atoms with Crippen molar-refractivity contribution in [3.05, 3.63) is 39.7 Å². The lowest BCUT2D eigenvalue weighted by Crippen LogP contribution is -2.56. The first kappa shape index (κ1) is 26.2. The van der Waals surface area contributed by atoms with E-state index in [1.165, 1.54) is 29.3 Å². The first-order valence-corrected chi connectivity index (χ1v) is 13.0. The van der Waals surface area contributed by atoms with Gasteiger partial charge in [-0.2, -0.15) is 0 Å². The third-order valence-electron chi connectivity index (χ3n) is 5.20. The van der Waals surface area contributed by atoms with Crippen LogP contribution in [0.15, 0.2) is 28.7 Å². The Bertz CT molecular complexity index is 1180. The van der Waals surface area contributed by atoms with E-state index in [4.69, 9.17) is 32.7 Å². The number of aromatic nitrogens is 5. The topological polar surface area (TPSA) is 145 Å². The number of hydrogen-bond acceptors (Lipinski definition) is 11. The van der Waals surface area contributed by atoms with Crippen molar-refractivity contribution >= 4 is 52.2 Å². The Kier molecular flexibility index (Phi) is 8.60. The van der Waals surface area contributed by atoms with Gasteiger partial charge in [0.2, 0.25) is 0 Å². The number of thiazole rings is 1. The predicted octanol–water partition coefficient (Wildman–Crippen LogP) is 2.28. The van der Waals surface area contributed by atoms with Crippen LogP contribution < -0.4 is 5.32 Å². The minimum Gasteiger partial charge on any atom is -0.394 e. The summed E-state index contributed by atoms with van der Waals surface area (Å²) in [7, 11) is 1.50. The van der Waals surface area contributed by atoms with Crippen molar-refractivity contribution in [3.63, 3.8) is 0 Å². The SMILES string of the molecule is CCOC1C(n2cc(-c3nc(Cl)cs3)nn2)[C@@H](O)C(CO)O[C@@H]1Sc1cc(Cl)cnc1C(=O)NC. The Labute approximate surface area is 218 Å². The number of halogens is 2. The van der Waals surface area contributed by atoms with E-state index in [2.05, 4.69) is 25.6 Å². The zero-order chi connectivity index (χ0) is 25.1. The molecule has 1 amide bonds. The number of nitrogens with zero attached hydrogens (tertiary/aromatic N) is 5. The van der Waals surface area contributed by atoms with Crippen molar-refractivity contribution in [2.24, 2.45) is 0 Å².